The van der Waals surface area contributed by atoms with Crippen LogP contribution in [-0.4, -0.2) is 59.6 Å². The van der Waals surface area contributed by atoms with Crippen molar-refractivity contribution in [2.24, 2.45) is 0 Å². The lowest BCUT2D eigenvalue weighted by molar-refractivity contribution is -0.124. The number of aryl methyl sites for hydroxylation is 2. The molecule has 0 spiro atoms. The molecule has 1 amide bonds. The highest BCUT2D eigenvalue weighted by Gasteiger charge is 2.30. The number of aliphatic hydroxyl groups is 1. The van der Waals surface area contributed by atoms with Crippen molar-refractivity contribution in [1.82, 2.24) is 9.55 Å². The summed E-state index contributed by atoms with van der Waals surface area (Å²) < 4.78 is 18.1. The van der Waals surface area contributed by atoms with E-state index in [1.54, 1.807) is 6.20 Å². The number of ether oxygens (including phenoxy) is 3. The van der Waals surface area contributed by atoms with Crippen LogP contribution in [0, 0.1) is 0 Å². The number of anilines is 2. The maximum Gasteiger partial charge on any atom is 0.356 e. The van der Waals surface area contributed by atoms with Gasteiger partial charge in [0.05, 0.1) is 31.3 Å². The molecule has 2 aromatic heterocycles. The normalized spacial score (nSPS) is 14.6. The molecule has 0 unspecified atom stereocenters. The SMILES string of the molecule is COC(=O)c1c(NC(=O)[C@@H]2CCCO2)c2cc(NCc3cccc(OCCO)c3)cnc2n1CCc1ccccc1. The Morgan fingerprint density at radius 1 is 1.12 bits per heavy atom. The molecule has 3 N–H and O–H groups in total. The van der Waals surface area contributed by atoms with Gasteiger partial charge in [-0.05, 0) is 48.6 Å². The molecule has 2 aromatic carbocycles. The van der Waals surface area contributed by atoms with Crippen LogP contribution in [0.25, 0.3) is 11.0 Å². The monoisotopic (exact) mass is 558 g/mol. The molecule has 1 aliphatic heterocycles. The minimum absolute atomic E-state index is 0.0571. The number of aromatic nitrogens is 2. The summed E-state index contributed by atoms with van der Waals surface area (Å²) in [6.45, 7) is 1.64. The number of carbonyl (C=O) groups is 2. The van der Waals surface area contributed by atoms with Crippen molar-refractivity contribution >= 4 is 34.3 Å². The fourth-order valence-corrected chi connectivity index (χ4v) is 4.96. The number of nitrogens with one attached hydrogen (secondary N) is 2. The van der Waals surface area contributed by atoms with Gasteiger partial charge in [0.15, 0.2) is 5.69 Å². The Morgan fingerprint density at radius 3 is 2.71 bits per heavy atom. The first-order valence-corrected chi connectivity index (χ1v) is 13.7. The fourth-order valence-electron chi connectivity index (χ4n) is 4.96. The van der Waals surface area contributed by atoms with Crippen LogP contribution in [0.3, 0.4) is 0 Å². The number of benzene rings is 2. The number of hydrogen-bond donors (Lipinski definition) is 3. The smallest absolute Gasteiger partial charge is 0.356 e. The summed E-state index contributed by atoms with van der Waals surface area (Å²) in [5.41, 5.74) is 3.96. The summed E-state index contributed by atoms with van der Waals surface area (Å²) in [6.07, 6.45) is 3.23. The van der Waals surface area contributed by atoms with Crippen molar-refractivity contribution in [1.29, 1.82) is 0 Å². The van der Waals surface area contributed by atoms with Gasteiger partial charge < -0.3 is 34.5 Å². The predicted molar refractivity (Wildman–Crippen MR) is 155 cm³/mol. The molecule has 0 saturated carbocycles. The number of hydrogen-bond acceptors (Lipinski definition) is 8. The molecule has 4 aromatic rings. The second-order valence-electron chi connectivity index (χ2n) is 9.76. The first-order chi connectivity index (χ1) is 20.1. The van der Waals surface area contributed by atoms with Crippen molar-refractivity contribution in [2.75, 3.05) is 37.6 Å². The summed E-state index contributed by atoms with van der Waals surface area (Å²) >= 11 is 0. The molecule has 0 aliphatic carbocycles. The van der Waals surface area contributed by atoms with Gasteiger partial charge in [-0.2, -0.15) is 0 Å². The Bertz CT molecular complexity index is 1500. The van der Waals surface area contributed by atoms with Gasteiger partial charge in [-0.1, -0.05) is 42.5 Å². The molecule has 5 rings (SSSR count). The minimum Gasteiger partial charge on any atom is -0.491 e. The summed E-state index contributed by atoms with van der Waals surface area (Å²) in [5, 5.41) is 16.0. The number of esters is 1. The highest BCUT2D eigenvalue weighted by atomic mass is 16.5. The predicted octanol–water partition coefficient (Wildman–Crippen LogP) is 4.17. The molecule has 1 fully saturated rings. The molecule has 41 heavy (non-hydrogen) atoms. The van der Waals surface area contributed by atoms with Crippen molar-refractivity contribution in [3.8, 4) is 5.75 Å². The third-order valence-corrected chi connectivity index (χ3v) is 6.97. The van der Waals surface area contributed by atoms with E-state index in [9.17, 15) is 9.59 Å². The number of methoxy groups -OCH3 is 1. The minimum atomic E-state index is -0.571. The van der Waals surface area contributed by atoms with E-state index in [2.05, 4.69) is 10.6 Å². The summed E-state index contributed by atoms with van der Waals surface area (Å²) in [7, 11) is 1.33. The largest absolute Gasteiger partial charge is 0.491 e. The molecule has 10 heteroatoms. The maximum atomic E-state index is 13.2. The lowest BCUT2D eigenvalue weighted by atomic mass is 10.1. The average Bonchev–Trinajstić information content (AvgIpc) is 3.65. The Balaban J connectivity index is 1.49. The molecule has 1 saturated heterocycles. The van der Waals surface area contributed by atoms with Crippen LogP contribution >= 0.6 is 0 Å². The fraction of sp³-hybridized carbons (Fsp3) is 0.323. The van der Waals surface area contributed by atoms with E-state index < -0.39 is 12.1 Å². The average molecular weight is 559 g/mol. The van der Waals surface area contributed by atoms with Crippen molar-refractivity contribution in [3.63, 3.8) is 0 Å². The molecule has 0 bridgehead atoms. The van der Waals surface area contributed by atoms with Crippen molar-refractivity contribution in [2.45, 2.75) is 38.5 Å². The van der Waals surface area contributed by atoms with Crippen LogP contribution in [-0.2, 0) is 33.8 Å². The van der Waals surface area contributed by atoms with E-state index in [-0.39, 0.29) is 24.8 Å². The van der Waals surface area contributed by atoms with Crippen LogP contribution < -0.4 is 15.4 Å². The summed E-state index contributed by atoms with van der Waals surface area (Å²) in [4.78, 5) is 31.0. The number of amides is 1. The number of pyridine rings is 1. The standard InChI is InChI=1S/C31H34N4O6/c1-39-31(38)28-27(34-30(37)26-11-6-15-41-26)25-18-23(32-19-22-9-5-10-24(17-22)40-16-14-36)20-33-29(25)35(28)13-12-21-7-3-2-4-8-21/h2-5,7-10,17-18,20,26,32,36H,6,11-16,19H2,1H3,(H,34,37)/t26-/m0/s1. The van der Waals surface area contributed by atoms with Gasteiger partial charge in [-0.15, -0.1) is 0 Å². The zero-order valence-electron chi connectivity index (χ0n) is 23.0. The van der Waals surface area contributed by atoms with E-state index >= 15 is 0 Å². The Labute approximate surface area is 238 Å². The van der Waals surface area contributed by atoms with Crippen LogP contribution in [0.4, 0.5) is 11.4 Å². The molecule has 0 radical (unpaired) electrons. The van der Waals surface area contributed by atoms with Crippen LogP contribution in [0.2, 0.25) is 0 Å². The lowest BCUT2D eigenvalue weighted by Gasteiger charge is -2.13. The van der Waals surface area contributed by atoms with Gasteiger partial charge >= 0.3 is 5.97 Å². The van der Waals surface area contributed by atoms with E-state index in [0.29, 0.717) is 60.7 Å². The Morgan fingerprint density at radius 2 is 1.95 bits per heavy atom. The third kappa shape index (κ3) is 6.67. The molecule has 214 valence electrons. The molecule has 1 atom stereocenters. The number of nitrogens with zero attached hydrogens (tertiary/aromatic N) is 2. The van der Waals surface area contributed by atoms with E-state index in [1.165, 1.54) is 7.11 Å². The summed E-state index contributed by atoms with van der Waals surface area (Å²) in [5.74, 6) is -0.190. The van der Waals surface area contributed by atoms with Crippen molar-refractivity contribution in [3.05, 3.63) is 83.7 Å². The molecule has 1 aliphatic rings. The van der Waals surface area contributed by atoms with E-state index in [0.717, 1.165) is 17.5 Å². The Hall–Kier alpha value is -4.41. The van der Waals surface area contributed by atoms with Gasteiger partial charge in [0.2, 0.25) is 0 Å². The van der Waals surface area contributed by atoms with E-state index in [4.69, 9.17) is 24.3 Å². The van der Waals surface area contributed by atoms with Crippen molar-refractivity contribution < 1.29 is 28.9 Å². The summed E-state index contributed by atoms with van der Waals surface area (Å²) in [6, 6.07) is 19.4. The van der Waals surface area contributed by atoms with Crippen LogP contribution in [0.1, 0.15) is 34.5 Å². The first-order valence-electron chi connectivity index (χ1n) is 13.7. The van der Waals surface area contributed by atoms with Crippen LogP contribution in [0.15, 0.2) is 66.9 Å². The van der Waals surface area contributed by atoms with E-state index in [1.807, 2.05) is 65.2 Å². The van der Waals surface area contributed by atoms with Gasteiger partial charge in [0.25, 0.3) is 5.91 Å². The first kappa shape index (κ1) is 28.1. The molecular formula is C31H34N4O6. The van der Waals surface area contributed by atoms with Gasteiger partial charge in [0, 0.05) is 25.1 Å². The highest BCUT2D eigenvalue weighted by Crippen LogP contribution is 2.34. The third-order valence-electron chi connectivity index (χ3n) is 6.97. The van der Waals surface area contributed by atoms with Crippen LogP contribution in [0.5, 0.6) is 5.75 Å². The quantitative estimate of drug-likeness (QED) is 0.222. The van der Waals surface area contributed by atoms with Gasteiger partial charge in [-0.25, -0.2) is 9.78 Å². The van der Waals surface area contributed by atoms with Gasteiger partial charge in [-0.3, -0.25) is 4.79 Å². The zero-order valence-corrected chi connectivity index (χ0v) is 23.0. The molecule has 3 heterocycles. The zero-order chi connectivity index (χ0) is 28.6. The second kappa shape index (κ2) is 13.3. The number of aliphatic hydroxyl groups excluding tert-OH is 1. The second-order valence-corrected chi connectivity index (χ2v) is 9.76. The maximum absolute atomic E-state index is 13.2. The lowest BCUT2D eigenvalue weighted by Crippen LogP contribution is -2.28. The Kier molecular flexibility index (Phi) is 9.12. The number of rotatable bonds is 12. The van der Waals surface area contributed by atoms with Gasteiger partial charge in [0.1, 0.15) is 24.1 Å². The topological polar surface area (TPSA) is 124 Å². The molecular weight excluding hydrogens is 524 g/mol. The molecule has 10 nitrogen and oxygen atoms in total. The highest BCUT2D eigenvalue weighted by molar-refractivity contribution is 6.12. The number of carbonyl (C=O) groups excluding carboxylic acids is 2. The number of fused-ring (bicyclic) bond motifs is 1.